The van der Waals surface area contributed by atoms with Crippen molar-refractivity contribution in [3.63, 3.8) is 0 Å². The highest BCUT2D eigenvalue weighted by atomic mass is 15.0. The van der Waals surface area contributed by atoms with E-state index in [0.29, 0.717) is 27.8 Å². The van der Waals surface area contributed by atoms with Crippen LogP contribution in [0.4, 0.5) is 0 Å². The second kappa shape index (κ2) is 17.4. The molecular weight excluding hydrogens is 881 g/mol. The van der Waals surface area contributed by atoms with E-state index in [2.05, 4.69) is 112 Å². The predicted molar refractivity (Wildman–Crippen MR) is 284 cm³/mol. The number of fused-ring (bicyclic) bond motifs is 6. The molecule has 0 amide bonds. The molecule has 0 radical (unpaired) electrons. The van der Waals surface area contributed by atoms with E-state index in [0.717, 1.165) is 111 Å². The molecule has 8 heteroatoms. The van der Waals surface area contributed by atoms with Gasteiger partial charge in [-0.2, -0.15) is 26.3 Å². The van der Waals surface area contributed by atoms with Gasteiger partial charge < -0.3 is 9.13 Å². The first-order valence-corrected chi connectivity index (χ1v) is 23.1. The Kier molecular flexibility index (Phi) is 10.3. The van der Waals surface area contributed by atoms with Crippen molar-refractivity contribution in [2.24, 2.45) is 0 Å². The topological polar surface area (TPSA) is 142 Å². The lowest BCUT2D eigenvalue weighted by Crippen LogP contribution is -2.06. The van der Waals surface area contributed by atoms with Crippen LogP contribution in [-0.2, 0) is 0 Å². The van der Waals surface area contributed by atoms with E-state index in [4.69, 9.17) is 4.98 Å². The van der Waals surface area contributed by atoms with Crippen molar-refractivity contribution in [3.8, 4) is 97.4 Å². The highest BCUT2D eigenvalue weighted by molar-refractivity contribution is 6.14. The number of rotatable bonds is 7. The van der Waals surface area contributed by atoms with Gasteiger partial charge in [-0.25, -0.2) is 0 Å². The second-order valence-corrected chi connectivity index (χ2v) is 17.6. The van der Waals surface area contributed by atoms with E-state index < -0.39 is 0 Å². The van der Waals surface area contributed by atoms with E-state index >= 15 is 0 Å². The van der Waals surface area contributed by atoms with Gasteiger partial charge in [0.05, 0.1) is 104 Å². The normalized spacial score (nSPS) is 11.0. The van der Waals surface area contributed by atoms with Gasteiger partial charge in [0.15, 0.2) is 0 Å². The Morgan fingerprint density at radius 2 is 0.597 bits per heavy atom. The van der Waals surface area contributed by atoms with Crippen molar-refractivity contribution in [1.29, 1.82) is 26.3 Å². The minimum Gasteiger partial charge on any atom is -0.307 e. The third kappa shape index (κ3) is 7.08. The number of benzene rings is 9. The highest BCUT2D eigenvalue weighted by Crippen LogP contribution is 2.45. The minimum atomic E-state index is 0.487. The van der Waals surface area contributed by atoms with Crippen molar-refractivity contribution in [2.45, 2.75) is 0 Å². The van der Waals surface area contributed by atoms with Crippen molar-refractivity contribution >= 4 is 43.6 Å². The zero-order valence-corrected chi connectivity index (χ0v) is 38.2. The number of aromatic nitrogens is 3. The van der Waals surface area contributed by atoms with Crippen molar-refractivity contribution in [2.75, 3.05) is 0 Å². The van der Waals surface area contributed by atoms with Crippen LogP contribution in [0.5, 0.6) is 0 Å². The number of hydrogen-bond acceptors (Lipinski definition) is 6. The molecule has 330 valence electrons. The summed E-state index contributed by atoms with van der Waals surface area (Å²) in [6.45, 7) is 0. The first-order valence-electron chi connectivity index (χ1n) is 23.1. The molecule has 0 atom stereocenters. The Hall–Kier alpha value is -10.8. The summed E-state index contributed by atoms with van der Waals surface area (Å²) in [5, 5.41) is 53.5. The molecule has 0 unspecified atom stereocenters. The van der Waals surface area contributed by atoms with Crippen molar-refractivity contribution in [1.82, 2.24) is 14.1 Å². The summed E-state index contributed by atoms with van der Waals surface area (Å²) in [6, 6.07) is 75.2. The van der Waals surface area contributed by atoms with Gasteiger partial charge in [0, 0.05) is 32.7 Å². The standard InChI is InChI=1S/C64H34N8/c65-33-40-5-13-44(14-6-40)48-21-25-54-55-26-22-49(45-15-7-41(34-66)8-16-45)30-59(55)71(58(54)29-48)62-38-70-39-63(64(62)53-4-2-1-3-52(53)37-69)72-60-31-50(46-17-9-42(35-67)10-18-46)23-27-56(60)57-28-24-51(32-61(57)72)47-19-11-43(36-68)12-20-47/h1-32,38-39H. The van der Waals surface area contributed by atoms with Gasteiger partial charge in [-0.15, -0.1) is 0 Å². The van der Waals surface area contributed by atoms with E-state index in [-0.39, 0.29) is 0 Å². The molecule has 0 aliphatic rings. The van der Waals surface area contributed by atoms with Crippen LogP contribution in [0, 0.1) is 56.7 Å². The molecule has 0 aliphatic carbocycles. The van der Waals surface area contributed by atoms with E-state index in [1.54, 1.807) is 0 Å². The molecule has 12 rings (SSSR count). The monoisotopic (exact) mass is 914 g/mol. The van der Waals surface area contributed by atoms with Gasteiger partial charge >= 0.3 is 0 Å². The molecule has 3 aromatic heterocycles. The molecule has 9 aromatic carbocycles. The Morgan fingerprint density at radius 1 is 0.306 bits per heavy atom. The number of nitrogens with zero attached hydrogens (tertiary/aromatic N) is 8. The second-order valence-electron chi connectivity index (χ2n) is 17.6. The van der Waals surface area contributed by atoms with E-state index in [1.165, 1.54) is 0 Å². The summed E-state index contributed by atoms with van der Waals surface area (Å²) < 4.78 is 4.51. The van der Waals surface area contributed by atoms with Crippen LogP contribution in [0.25, 0.3) is 111 Å². The SMILES string of the molecule is N#Cc1ccc(-c2ccc3c4ccc(-c5ccc(C#N)cc5)cc4n(-c4cncc(-n5c6cc(-c7ccc(C#N)cc7)ccc6c6ccc(-c7ccc(C#N)cc7)cc65)c4-c4ccccc4C#N)c3c2)cc1. The number of hydrogen-bond donors (Lipinski definition) is 0. The maximum atomic E-state index is 10.9. The van der Waals surface area contributed by atoms with Crippen LogP contribution in [-0.4, -0.2) is 14.1 Å². The Labute approximate surface area is 413 Å². The van der Waals surface area contributed by atoms with Crippen molar-refractivity contribution in [3.05, 3.63) is 234 Å². The van der Waals surface area contributed by atoms with Crippen LogP contribution in [0.15, 0.2) is 207 Å². The van der Waals surface area contributed by atoms with E-state index in [9.17, 15) is 26.3 Å². The maximum absolute atomic E-state index is 10.9. The molecule has 0 fully saturated rings. The van der Waals surface area contributed by atoms with Crippen LogP contribution in [0.3, 0.4) is 0 Å². The maximum Gasteiger partial charge on any atom is 0.0998 e. The lowest BCUT2D eigenvalue weighted by atomic mass is 9.97. The summed E-state index contributed by atoms with van der Waals surface area (Å²) in [5.41, 5.74) is 17.0. The quantitative estimate of drug-likeness (QED) is 0.156. The molecule has 12 aromatic rings. The highest BCUT2D eigenvalue weighted by Gasteiger charge is 2.25. The largest absolute Gasteiger partial charge is 0.307 e. The fourth-order valence-corrected chi connectivity index (χ4v) is 10.1. The Balaban J connectivity index is 1.21. The first-order chi connectivity index (χ1) is 35.4. The summed E-state index contributed by atoms with van der Waals surface area (Å²) in [7, 11) is 0. The van der Waals surface area contributed by atoms with Gasteiger partial charge in [-0.3, -0.25) is 4.98 Å². The smallest absolute Gasteiger partial charge is 0.0998 e. The predicted octanol–water partition coefficient (Wildman–Crippen LogP) is 15.0. The molecule has 0 bridgehead atoms. The average Bonchev–Trinajstić information content (AvgIpc) is 3.95. The summed E-state index contributed by atoms with van der Waals surface area (Å²) in [4.78, 5) is 5.12. The summed E-state index contributed by atoms with van der Waals surface area (Å²) in [5.74, 6) is 0. The lowest BCUT2D eigenvalue weighted by molar-refractivity contribution is 1.09. The lowest BCUT2D eigenvalue weighted by Gasteiger charge is -2.20. The molecule has 0 saturated heterocycles. The van der Waals surface area contributed by atoms with Gasteiger partial charge in [0.25, 0.3) is 0 Å². The average molecular weight is 915 g/mol. The van der Waals surface area contributed by atoms with Gasteiger partial charge in [0.1, 0.15) is 0 Å². The molecule has 72 heavy (non-hydrogen) atoms. The molecule has 0 saturated carbocycles. The molecule has 0 N–H and O–H groups in total. The summed E-state index contributed by atoms with van der Waals surface area (Å²) >= 11 is 0. The molecule has 0 aliphatic heterocycles. The Morgan fingerprint density at radius 3 is 0.889 bits per heavy atom. The van der Waals surface area contributed by atoms with Crippen LogP contribution >= 0.6 is 0 Å². The molecular formula is C64H34N8. The zero-order valence-electron chi connectivity index (χ0n) is 38.2. The van der Waals surface area contributed by atoms with Gasteiger partial charge in [-0.1, -0.05) is 115 Å². The third-order valence-corrected chi connectivity index (χ3v) is 13.6. The van der Waals surface area contributed by atoms with Crippen molar-refractivity contribution < 1.29 is 0 Å². The third-order valence-electron chi connectivity index (χ3n) is 13.6. The number of pyridine rings is 1. The van der Waals surface area contributed by atoms with Gasteiger partial charge in [0.2, 0.25) is 0 Å². The van der Waals surface area contributed by atoms with Crippen LogP contribution in [0.2, 0.25) is 0 Å². The molecule has 0 spiro atoms. The summed E-state index contributed by atoms with van der Waals surface area (Å²) in [6.07, 6.45) is 3.76. The van der Waals surface area contributed by atoms with E-state index in [1.807, 2.05) is 134 Å². The molecule has 3 heterocycles. The van der Waals surface area contributed by atoms with Crippen LogP contribution < -0.4 is 0 Å². The zero-order chi connectivity index (χ0) is 48.9. The first kappa shape index (κ1) is 42.5. The minimum absolute atomic E-state index is 0.487. The van der Waals surface area contributed by atoms with Crippen LogP contribution in [0.1, 0.15) is 27.8 Å². The fraction of sp³-hybridized carbons (Fsp3) is 0. The number of nitriles is 5. The Bertz CT molecular complexity index is 3920. The van der Waals surface area contributed by atoms with Gasteiger partial charge in [-0.05, 0) is 123 Å². The fourth-order valence-electron chi connectivity index (χ4n) is 10.1. The molecule has 8 nitrogen and oxygen atoms in total.